The van der Waals surface area contributed by atoms with Crippen molar-refractivity contribution in [2.45, 2.75) is 0 Å². The van der Waals surface area contributed by atoms with E-state index in [-0.39, 0.29) is 51.2 Å². The van der Waals surface area contributed by atoms with Crippen molar-refractivity contribution in [3.05, 3.63) is 0 Å². The standard InChI is InChI=1S/6FO2Si.3Mn/c6*1-4(2)3;;;/q6*-1;3*+2. The smallest absolute Gasteiger partial charge is 0.560 e. The van der Waals surface area contributed by atoms with E-state index < -0.39 is 55.6 Å². The molecule has 0 aromatic heterocycles. The molecule has 0 aliphatic rings. The van der Waals surface area contributed by atoms with Gasteiger partial charge in [-0.2, -0.15) is 0 Å². The first kappa shape index (κ1) is 56.3. The van der Waals surface area contributed by atoms with Crippen molar-refractivity contribution < 1.29 is 131 Å². The fraction of sp³-hybridized carbons (Fsp3) is 0. The molecule has 27 heteroatoms. The number of hydrogen-bond acceptors (Lipinski definition) is 12. The molecule has 3 radical (unpaired) electrons. The van der Waals surface area contributed by atoms with Crippen LogP contribution in [-0.2, 0) is 78.0 Å². The molecule has 0 aliphatic carbocycles. The SMILES string of the molecule is O=[Si]([O-])F.O=[Si]([O-])F.O=[Si]([O-])F.O=[Si]([O-])F.O=[Si]([O-])F.O=[Si]([O-])F.[Mn+2].[Mn+2].[Mn+2]. The second-order valence-corrected chi connectivity index (χ2v) is 4.28. The van der Waals surface area contributed by atoms with Crippen molar-refractivity contribution in [2.75, 3.05) is 0 Å². The number of hydrogen-bond donors (Lipinski definition) is 0. The zero-order valence-corrected chi connectivity index (χ0v) is 20.8. The molecule has 0 aromatic rings. The molecule has 0 saturated carbocycles. The van der Waals surface area contributed by atoms with Crippen LogP contribution < -0.4 is 28.8 Å². The van der Waals surface area contributed by atoms with Gasteiger partial charge in [-0.1, -0.05) is 0 Å². The molecule has 0 saturated heterocycles. The second-order valence-electron chi connectivity index (χ2n) is 1.43. The Kier molecular flexibility index (Phi) is 105. The van der Waals surface area contributed by atoms with Crippen LogP contribution in [0, 0.1) is 0 Å². The van der Waals surface area contributed by atoms with Crippen LogP contribution in [0.5, 0.6) is 0 Å². The van der Waals surface area contributed by atoms with Crippen molar-refractivity contribution in [1.82, 2.24) is 0 Å². The first-order valence-corrected chi connectivity index (χ1v) is 10.8. The third-order valence-corrected chi connectivity index (χ3v) is 0. The predicted molar refractivity (Wildman–Crippen MR) is 45.3 cm³/mol. The van der Waals surface area contributed by atoms with Gasteiger partial charge in [0.2, 0.25) is 0 Å². The Bertz CT molecular complexity index is 281. The predicted octanol–water partition coefficient (Wildman–Crippen LogP) is -7.62. The van der Waals surface area contributed by atoms with E-state index in [0.29, 0.717) is 0 Å². The molecule has 0 bridgehead atoms. The van der Waals surface area contributed by atoms with E-state index in [4.69, 9.17) is 55.5 Å². The Hall–Kier alpha value is 0.0397. The average Bonchev–Trinajstić information content (AvgIpc) is 2.08. The van der Waals surface area contributed by atoms with Gasteiger partial charge < -0.3 is 55.5 Å². The van der Waals surface area contributed by atoms with E-state index in [2.05, 4.69) is 0 Å². The summed E-state index contributed by atoms with van der Waals surface area (Å²) in [6.45, 7) is 0. The Morgan fingerprint density at radius 2 is 0.333 bits per heavy atom. The van der Waals surface area contributed by atoms with Crippen LogP contribution in [-0.4, -0.2) is 55.6 Å². The zero-order chi connectivity index (χ0) is 21.5. The van der Waals surface area contributed by atoms with Gasteiger partial charge >= 0.3 is 107 Å². The van der Waals surface area contributed by atoms with E-state index in [9.17, 15) is 24.6 Å². The molecule has 12 nitrogen and oxygen atoms in total. The first-order chi connectivity index (χ1) is 10.4. The summed E-state index contributed by atoms with van der Waals surface area (Å²) >= 11 is 0. The summed E-state index contributed by atoms with van der Waals surface area (Å²) in [4.78, 5) is 50.4. The van der Waals surface area contributed by atoms with E-state index in [0.717, 1.165) is 0 Å². The maximum Gasteiger partial charge on any atom is 2.00 e. The van der Waals surface area contributed by atoms with Crippen LogP contribution in [0.2, 0.25) is 0 Å². The molecule has 0 spiro atoms. The summed E-state index contributed by atoms with van der Waals surface area (Å²) in [5, 5.41) is 0. The van der Waals surface area contributed by atoms with Crippen molar-refractivity contribution in [3.8, 4) is 0 Å². The van der Waals surface area contributed by atoms with Crippen molar-refractivity contribution >= 4 is 55.6 Å². The number of halogens is 6. The van der Waals surface area contributed by atoms with Crippen molar-refractivity contribution in [2.24, 2.45) is 0 Å². The van der Waals surface area contributed by atoms with E-state index in [1.807, 2.05) is 0 Å². The number of rotatable bonds is 0. The van der Waals surface area contributed by atoms with Crippen LogP contribution >= 0.6 is 0 Å². The Balaban J connectivity index is -0.0000000201. The molecule has 0 amide bonds. The maximum atomic E-state index is 9.99. The van der Waals surface area contributed by atoms with Crippen LogP contribution in [0.15, 0.2) is 0 Å². The van der Waals surface area contributed by atoms with Crippen LogP contribution in [0.4, 0.5) is 24.6 Å². The van der Waals surface area contributed by atoms with Gasteiger partial charge in [0, 0.05) is 0 Å². The van der Waals surface area contributed by atoms with Gasteiger partial charge in [-0.25, -0.2) is 0 Å². The minimum Gasteiger partial charge on any atom is -0.560 e. The topological polar surface area (TPSA) is 241 Å². The van der Waals surface area contributed by atoms with E-state index in [1.54, 1.807) is 0 Å². The zero-order valence-electron chi connectivity index (χ0n) is 11.3. The monoisotopic (exact) mass is 639 g/mol. The van der Waals surface area contributed by atoms with E-state index >= 15 is 0 Å². The minimum absolute atomic E-state index is 0. The molecule has 0 fully saturated rings. The Morgan fingerprint density at radius 1 is 0.333 bits per heavy atom. The van der Waals surface area contributed by atoms with E-state index in [1.165, 1.54) is 0 Å². The maximum absolute atomic E-state index is 9.99. The van der Waals surface area contributed by atoms with Gasteiger partial charge in [-0.15, -0.1) is 0 Å². The summed E-state index contributed by atoms with van der Waals surface area (Å²) in [6, 6.07) is 0. The molecule has 0 rings (SSSR count). The third kappa shape index (κ3) is 9530000. The minimum atomic E-state index is -3.88. The normalized spacial score (nSPS) is 5.56. The van der Waals surface area contributed by atoms with Crippen molar-refractivity contribution in [3.63, 3.8) is 0 Å². The summed E-state index contributed by atoms with van der Waals surface area (Å²) in [5.74, 6) is 0. The molecule has 159 valence electrons. The van der Waals surface area contributed by atoms with Gasteiger partial charge in [0.15, 0.2) is 0 Å². The van der Waals surface area contributed by atoms with Gasteiger partial charge in [0.1, 0.15) is 0 Å². The molecular formula is F6Mn3O12Si6. The van der Waals surface area contributed by atoms with Gasteiger partial charge in [0.25, 0.3) is 0 Å². The molecule has 0 aliphatic heterocycles. The van der Waals surface area contributed by atoms with Gasteiger partial charge in [-0.3, -0.25) is 24.6 Å². The molecule has 0 aromatic carbocycles. The summed E-state index contributed by atoms with van der Waals surface area (Å²) in [7, 11) is -23.3. The van der Waals surface area contributed by atoms with Gasteiger partial charge in [0.05, 0.1) is 0 Å². The van der Waals surface area contributed by atoms with Crippen LogP contribution in [0.25, 0.3) is 0 Å². The molecule has 0 atom stereocenters. The van der Waals surface area contributed by atoms with Crippen LogP contribution in [0.3, 0.4) is 0 Å². The summed E-state index contributed by atoms with van der Waals surface area (Å²) in [6.07, 6.45) is 0. The van der Waals surface area contributed by atoms with Crippen molar-refractivity contribution in [1.29, 1.82) is 0 Å². The Labute approximate surface area is 186 Å². The fourth-order valence-corrected chi connectivity index (χ4v) is 0. The molecule has 0 N–H and O–H groups in total. The molecular weight excluding hydrogens is 639 g/mol. The molecule has 27 heavy (non-hydrogen) atoms. The Morgan fingerprint density at radius 3 is 0.333 bits per heavy atom. The fourth-order valence-electron chi connectivity index (χ4n) is 0. The second kappa shape index (κ2) is 50.2. The molecule has 0 heterocycles. The van der Waals surface area contributed by atoms with Crippen LogP contribution in [0.1, 0.15) is 0 Å². The quantitative estimate of drug-likeness (QED) is 0.136. The first-order valence-electron chi connectivity index (χ1n) is 3.58. The molecule has 0 unspecified atom stereocenters. The van der Waals surface area contributed by atoms with Gasteiger partial charge in [-0.05, 0) is 0 Å². The average molecular weight is 639 g/mol. The summed E-state index contributed by atoms with van der Waals surface area (Å²) < 4.78 is 110. The third-order valence-electron chi connectivity index (χ3n) is 0. The largest absolute Gasteiger partial charge is 2.00 e. The summed E-state index contributed by atoms with van der Waals surface area (Å²) in [5.41, 5.74) is 0.